The highest BCUT2D eigenvalue weighted by atomic mass is 35.5. The number of hydrogen-bond donors (Lipinski definition) is 1. The minimum Gasteiger partial charge on any atom is -0.465 e. The van der Waals surface area contributed by atoms with Crippen LogP contribution in [-0.2, 0) is 26.3 Å². The van der Waals surface area contributed by atoms with Crippen LogP contribution in [0.25, 0.3) is 0 Å². The third kappa shape index (κ3) is 7.35. The van der Waals surface area contributed by atoms with Crippen LogP contribution in [0.5, 0.6) is 0 Å². The van der Waals surface area contributed by atoms with Crippen molar-refractivity contribution in [3.05, 3.63) is 69.2 Å². The lowest BCUT2D eigenvalue weighted by molar-refractivity contribution is 0.0600. The summed E-state index contributed by atoms with van der Waals surface area (Å²) in [5.41, 5.74) is 1.93. The molecule has 0 radical (unpaired) electrons. The van der Waals surface area contributed by atoms with Gasteiger partial charge in [-0.15, -0.1) is 0 Å². The van der Waals surface area contributed by atoms with Crippen LogP contribution in [-0.4, -0.2) is 33.8 Å². The van der Waals surface area contributed by atoms with Crippen LogP contribution in [0, 0.1) is 0 Å². The molecule has 0 saturated carbocycles. The molecule has 0 spiro atoms. The fourth-order valence-corrected chi connectivity index (χ4v) is 4.91. The van der Waals surface area contributed by atoms with Gasteiger partial charge in [-0.05, 0) is 35.4 Å². The molecule has 0 aliphatic heterocycles. The number of ether oxygens (including phenoxy) is 1. The molecule has 0 atom stereocenters. The van der Waals surface area contributed by atoms with Gasteiger partial charge >= 0.3 is 5.97 Å². The second-order valence-electron chi connectivity index (χ2n) is 5.63. The van der Waals surface area contributed by atoms with Gasteiger partial charge in [0.1, 0.15) is 0 Å². The van der Waals surface area contributed by atoms with E-state index in [1.165, 1.54) is 7.11 Å². The van der Waals surface area contributed by atoms with Crippen molar-refractivity contribution in [2.45, 2.75) is 11.5 Å². The zero-order valence-corrected chi connectivity index (χ0v) is 17.7. The van der Waals surface area contributed by atoms with Crippen LogP contribution in [0.3, 0.4) is 0 Å². The molecule has 0 bridgehead atoms. The van der Waals surface area contributed by atoms with Crippen LogP contribution < -0.4 is 4.72 Å². The maximum absolute atomic E-state index is 12.2. The number of nitrogens with one attached hydrogen (secondary N) is 1. The minimum atomic E-state index is -3.46. The molecule has 0 aromatic heterocycles. The van der Waals surface area contributed by atoms with Crippen LogP contribution in [0.2, 0.25) is 10.0 Å². The van der Waals surface area contributed by atoms with Crippen molar-refractivity contribution in [1.29, 1.82) is 0 Å². The largest absolute Gasteiger partial charge is 0.465 e. The molecule has 0 unspecified atom stereocenters. The topological polar surface area (TPSA) is 72.5 Å². The predicted octanol–water partition coefficient (Wildman–Crippen LogP) is 4.13. The summed E-state index contributed by atoms with van der Waals surface area (Å²) in [7, 11) is -2.16. The molecular weight excluding hydrogens is 429 g/mol. The summed E-state index contributed by atoms with van der Waals surface area (Å²) >= 11 is 13.5. The number of halogens is 2. The van der Waals surface area contributed by atoms with Crippen molar-refractivity contribution in [1.82, 2.24) is 4.72 Å². The number of methoxy groups -OCH3 is 1. The summed E-state index contributed by atoms with van der Waals surface area (Å²) in [5, 5.41) is 1.19. The Morgan fingerprint density at radius 1 is 1.15 bits per heavy atom. The van der Waals surface area contributed by atoms with E-state index in [4.69, 9.17) is 23.2 Å². The quantitative estimate of drug-likeness (QED) is 0.461. The lowest BCUT2D eigenvalue weighted by Gasteiger charge is -2.08. The number of rotatable bonds is 9. The zero-order valence-electron chi connectivity index (χ0n) is 14.6. The maximum atomic E-state index is 12.2. The van der Waals surface area contributed by atoms with Gasteiger partial charge < -0.3 is 4.74 Å². The van der Waals surface area contributed by atoms with Gasteiger partial charge in [-0.3, -0.25) is 0 Å². The summed E-state index contributed by atoms with van der Waals surface area (Å²) in [6, 6.07) is 11.6. The third-order valence-corrected chi connectivity index (χ3v) is 6.52. The smallest absolute Gasteiger partial charge is 0.337 e. The summed E-state index contributed by atoms with van der Waals surface area (Å²) in [5.74, 6) is 0.675. The normalized spacial score (nSPS) is 11.4. The summed E-state index contributed by atoms with van der Waals surface area (Å²) < 4.78 is 31.5. The molecule has 0 saturated heterocycles. The first-order valence-electron chi connectivity index (χ1n) is 7.97. The number of benzene rings is 2. The molecular formula is C18H19Cl2NO4S2. The van der Waals surface area contributed by atoms with E-state index in [1.807, 2.05) is 6.07 Å². The average Bonchev–Trinajstić information content (AvgIpc) is 2.62. The maximum Gasteiger partial charge on any atom is 0.337 e. The van der Waals surface area contributed by atoms with Gasteiger partial charge in [0.05, 0.1) is 18.4 Å². The second-order valence-corrected chi connectivity index (χ2v) is 9.39. The van der Waals surface area contributed by atoms with E-state index in [1.54, 1.807) is 48.2 Å². The lowest BCUT2D eigenvalue weighted by Crippen LogP contribution is -2.27. The third-order valence-electron chi connectivity index (χ3n) is 3.57. The van der Waals surface area contributed by atoms with E-state index in [0.717, 1.165) is 5.56 Å². The highest BCUT2D eigenvalue weighted by Crippen LogP contribution is 2.24. The molecule has 27 heavy (non-hydrogen) atoms. The van der Waals surface area contributed by atoms with Gasteiger partial charge in [-0.2, -0.15) is 11.8 Å². The first-order chi connectivity index (χ1) is 12.8. The SMILES string of the molecule is COC(=O)c1ccc(CS(=O)(=O)NCCSCc2ccc(Cl)cc2Cl)cc1. The van der Waals surface area contributed by atoms with E-state index in [9.17, 15) is 13.2 Å². The molecule has 1 N–H and O–H groups in total. The Bertz CT molecular complexity index is 887. The van der Waals surface area contributed by atoms with Crippen LogP contribution in [0.1, 0.15) is 21.5 Å². The Morgan fingerprint density at radius 3 is 2.48 bits per heavy atom. The molecule has 2 aromatic carbocycles. The second kappa shape index (κ2) is 10.3. The number of esters is 1. The number of carbonyl (C=O) groups excluding carboxylic acids is 1. The van der Waals surface area contributed by atoms with Crippen molar-refractivity contribution in [3.8, 4) is 0 Å². The Kier molecular flexibility index (Phi) is 8.44. The van der Waals surface area contributed by atoms with Gasteiger partial charge in [0.15, 0.2) is 0 Å². The summed E-state index contributed by atoms with van der Waals surface area (Å²) in [4.78, 5) is 11.4. The first kappa shape index (κ1) is 22.0. The fourth-order valence-electron chi connectivity index (χ4n) is 2.22. The van der Waals surface area contributed by atoms with Gasteiger partial charge in [-0.1, -0.05) is 41.4 Å². The van der Waals surface area contributed by atoms with E-state index in [0.29, 0.717) is 39.2 Å². The molecule has 5 nitrogen and oxygen atoms in total. The van der Waals surface area contributed by atoms with E-state index in [2.05, 4.69) is 9.46 Å². The van der Waals surface area contributed by atoms with Crippen LogP contribution >= 0.6 is 35.0 Å². The molecule has 0 amide bonds. The molecule has 0 fully saturated rings. The molecule has 2 rings (SSSR count). The highest BCUT2D eigenvalue weighted by molar-refractivity contribution is 7.98. The van der Waals surface area contributed by atoms with Crippen molar-refractivity contribution < 1.29 is 17.9 Å². The Morgan fingerprint density at radius 2 is 1.85 bits per heavy atom. The number of sulfonamides is 1. The molecule has 146 valence electrons. The first-order valence-corrected chi connectivity index (χ1v) is 11.5. The van der Waals surface area contributed by atoms with Crippen molar-refractivity contribution in [2.24, 2.45) is 0 Å². The molecule has 0 aliphatic rings. The molecule has 0 aliphatic carbocycles. The highest BCUT2D eigenvalue weighted by Gasteiger charge is 2.12. The number of thioether (sulfide) groups is 1. The molecule has 9 heteroatoms. The fraction of sp³-hybridized carbons (Fsp3) is 0.278. The Hall–Kier alpha value is -1.25. The number of carbonyl (C=O) groups is 1. The minimum absolute atomic E-state index is 0.151. The van der Waals surface area contributed by atoms with E-state index < -0.39 is 16.0 Å². The van der Waals surface area contributed by atoms with Gasteiger partial charge in [-0.25, -0.2) is 17.9 Å². The molecule has 2 aromatic rings. The molecule has 0 heterocycles. The number of hydrogen-bond acceptors (Lipinski definition) is 5. The van der Waals surface area contributed by atoms with Crippen LogP contribution in [0.4, 0.5) is 0 Å². The summed E-state index contributed by atoms with van der Waals surface area (Å²) in [6.45, 7) is 0.318. The lowest BCUT2D eigenvalue weighted by atomic mass is 10.1. The van der Waals surface area contributed by atoms with Crippen LogP contribution in [0.15, 0.2) is 42.5 Å². The average molecular weight is 448 g/mol. The van der Waals surface area contributed by atoms with Gasteiger partial charge in [0, 0.05) is 28.1 Å². The zero-order chi connectivity index (χ0) is 19.9. The van der Waals surface area contributed by atoms with Gasteiger partial charge in [0.25, 0.3) is 0 Å². The van der Waals surface area contributed by atoms with Crippen molar-refractivity contribution >= 4 is 51.0 Å². The van der Waals surface area contributed by atoms with Crippen molar-refractivity contribution in [3.63, 3.8) is 0 Å². The predicted molar refractivity (Wildman–Crippen MR) is 111 cm³/mol. The van der Waals surface area contributed by atoms with Gasteiger partial charge in [0.2, 0.25) is 10.0 Å². The van der Waals surface area contributed by atoms with Crippen molar-refractivity contribution in [2.75, 3.05) is 19.4 Å². The van der Waals surface area contributed by atoms with E-state index in [-0.39, 0.29) is 5.75 Å². The standard InChI is InChI=1S/C18H19Cl2NO4S2/c1-25-18(22)14-4-2-13(3-5-14)12-27(23,24)21-8-9-26-11-15-6-7-16(19)10-17(15)20/h2-7,10,21H,8-9,11-12H2,1H3. The Balaban J connectivity index is 1.77. The Labute approximate surface area is 173 Å². The van der Waals surface area contributed by atoms with E-state index >= 15 is 0 Å². The summed E-state index contributed by atoms with van der Waals surface area (Å²) in [6.07, 6.45) is 0. The monoisotopic (exact) mass is 447 g/mol.